The minimum absolute atomic E-state index is 0.685. The largest absolute Gasteiger partial charge is 0.357 e. The van der Waals surface area contributed by atoms with Crippen LogP contribution in [0.25, 0.3) is 0 Å². The van der Waals surface area contributed by atoms with Gasteiger partial charge in [-0.05, 0) is 57.8 Å². The van der Waals surface area contributed by atoms with Crippen LogP contribution in [0.4, 0.5) is 0 Å². The van der Waals surface area contributed by atoms with Gasteiger partial charge in [0.05, 0.1) is 12.2 Å². The van der Waals surface area contributed by atoms with Crippen molar-refractivity contribution in [2.75, 3.05) is 19.6 Å². The van der Waals surface area contributed by atoms with Crippen LogP contribution in [-0.2, 0) is 26.7 Å². The van der Waals surface area contributed by atoms with Gasteiger partial charge >= 0.3 is 0 Å². The predicted molar refractivity (Wildman–Crippen MR) is 120 cm³/mol. The number of nitrogens with one attached hydrogen (secondary N) is 2. The second kappa shape index (κ2) is 10.4. The fourth-order valence-corrected chi connectivity index (χ4v) is 3.98. The number of benzene rings is 1. The van der Waals surface area contributed by atoms with E-state index in [1.54, 1.807) is 0 Å². The first-order valence-corrected chi connectivity index (χ1v) is 10.9. The molecule has 158 valence electrons. The maximum Gasteiger partial charge on any atom is 0.191 e. The average Bonchev–Trinajstić information content (AvgIpc) is 2.97. The topological polar surface area (TPSA) is 57.5 Å². The average molecular weight is 397 g/mol. The van der Waals surface area contributed by atoms with Crippen molar-refractivity contribution in [3.8, 4) is 0 Å². The molecule has 1 fully saturated rings. The molecule has 0 saturated carbocycles. The number of nitrogens with zero attached hydrogens (tertiary/aromatic N) is 4. The molecule has 0 unspecified atom stereocenters. The maximum atomic E-state index is 4.87. The molecule has 0 aliphatic carbocycles. The molecule has 1 aromatic heterocycles. The molecular formula is C23H36N6. The number of hydrogen-bond donors (Lipinski definition) is 2. The van der Waals surface area contributed by atoms with Crippen LogP contribution in [0.1, 0.15) is 54.3 Å². The molecule has 0 spiro atoms. The van der Waals surface area contributed by atoms with Crippen LogP contribution in [0, 0.1) is 13.8 Å². The Morgan fingerprint density at radius 1 is 1.07 bits per heavy atom. The molecule has 0 radical (unpaired) electrons. The number of rotatable bonds is 7. The third kappa shape index (κ3) is 5.82. The number of aryl methyl sites for hydroxylation is 2. The van der Waals surface area contributed by atoms with Crippen molar-refractivity contribution in [1.29, 1.82) is 0 Å². The van der Waals surface area contributed by atoms with Crippen LogP contribution in [0.15, 0.2) is 29.3 Å². The smallest absolute Gasteiger partial charge is 0.191 e. The fourth-order valence-electron chi connectivity index (χ4n) is 3.98. The van der Waals surface area contributed by atoms with Crippen molar-refractivity contribution in [2.24, 2.45) is 12.0 Å². The van der Waals surface area contributed by atoms with E-state index in [0.717, 1.165) is 31.3 Å². The zero-order chi connectivity index (χ0) is 20.6. The molecule has 6 nitrogen and oxygen atoms in total. The van der Waals surface area contributed by atoms with E-state index in [1.165, 1.54) is 54.7 Å². The highest BCUT2D eigenvalue weighted by molar-refractivity contribution is 5.79. The van der Waals surface area contributed by atoms with E-state index < -0.39 is 0 Å². The van der Waals surface area contributed by atoms with E-state index in [0.29, 0.717) is 6.54 Å². The summed E-state index contributed by atoms with van der Waals surface area (Å²) in [6, 6.07) is 8.72. The molecule has 1 saturated heterocycles. The molecule has 1 aliphatic heterocycles. The minimum Gasteiger partial charge on any atom is -0.357 e. The first-order chi connectivity index (χ1) is 14.1. The lowest BCUT2D eigenvalue weighted by molar-refractivity contribution is 0.220. The van der Waals surface area contributed by atoms with E-state index >= 15 is 0 Å². The molecule has 2 aromatic rings. The number of hydrogen-bond acceptors (Lipinski definition) is 3. The summed E-state index contributed by atoms with van der Waals surface area (Å²) in [6.45, 7) is 12.0. The Bertz CT molecular complexity index is 817. The summed E-state index contributed by atoms with van der Waals surface area (Å²) in [5.41, 5.74) is 6.21. The lowest BCUT2D eigenvalue weighted by atomic mass is 10.1. The van der Waals surface area contributed by atoms with Gasteiger partial charge in [-0.3, -0.25) is 9.58 Å². The van der Waals surface area contributed by atoms with Gasteiger partial charge < -0.3 is 10.6 Å². The molecule has 0 bridgehead atoms. The predicted octanol–water partition coefficient (Wildman–Crippen LogP) is 3.28. The van der Waals surface area contributed by atoms with E-state index in [-0.39, 0.29) is 0 Å². The number of aromatic nitrogens is 2. The zero-order valence-corrected chi connectivity index (χ0v) is 18.5. The quantitative estimate of drug-likeness (QED) is 0.557. The van der Waals surface area contributed by atoms with Gasteiger partial charge in [0, 0.05) is 37.9 Å². The SMILES string of the molecule is CCNC(=NCc1ccccc1CN1CCCCC1)NCc1c(C)nn(C)c1C. The Hall–Kier alpha value is -2.34. The van der Waals surface area contributed by atoms with Gasteiger partial charge in [-0.25, -0.2) is 4.99 Å². The standard InChI is InChI=1S/C23H36N6/c1-5-24-23(26-16-22-18(2)27-28(4)19(22)3)25-15-20-11-7-8-12-21(20)17-29-13-9-6-10-14-29/h7-8,11-12H,5-6,9-10,13-17H2,1-4H3,(H2,24,25,26). The first-order valence-electron chi connectivity index (χ1n) is 10.9. The molecule has 29 heavy (non-hydrogen) atoms. The van der Waals surface area contributed by atoms with Crippen LogP contribution >= 0.6 is 0 Å². The first kappa shape index (κ1) is 21.4. The van der Waals surface area contributed by atoms with Crippen LogP contribution in [-0.4, -0.2) is 40.3 Å². The zero-order valence-electron chi connectivity index (χ0n) is 18.5. The lowest BCUT2D eigenvalue weighted by Crippen LogP contribution is -2.37. The highest BCUT2D eigenvalue weighted by Gasteiger charge is 2.13. The second-order valence-corrected chi connectivity index (χ2v) is 7.93. The van der Waals surface area contributed by atoms with Gasteiger partial charge in [-0.15, -0.1) is 0 Å². The second-order valence-electron chi connectivity index (χ2n) is 7.93. The number of aliphatic imine (C=N–C) groups is 1. The van der Waals surface area contributed by atoms with E-state index in [2.05, 4.69) is 65.7 Å². The van der Waals surface area contributed by atoms with Crippen molar-refractivity contribution >= 4 is 5.96 Å². The lowest BCUT2D eigenvalue weighted by Gasteiger charge is -2.27. The van der Waals surface area contributed by atoms with E-state index in [9.17, 15) is 0 Å². The number of likely N-dealkylation sites (tertiary alicyclic amines) is 1. The highest BCUT2D eigenvalue weighted by atomic mass is 15.3. The molecule has 0 amide bonds. The van der Waals surface area contributed by atoms with Crippen LogP contribution in [0.2, 0.25) is 0 Å². The molecule has 1 aromatic carbocycles. The van der Waals surface area contributed by atoms with Crippen molar-refractivity contribution < 1.29 is 0 Å². The third-order valence-corrected chi connectivity index (χ3v) is 5.80. The highest BCUT2D eigenvalue weighted by Crippen LogP contribution is 2.17. The summed E-state index contributed by atoms with van der Waals surface area (Å²) in [5, 5.41) is 11.4. The summed E-state index contributed by atoms with van der Waals surface area (Å²) >= 11 is 0. The third-order valence-electron chi connectivity index (χ3n) is 5.80. The van der Waals surface area contributed by atoms with Gasteiger partial charge in [-0.1, -0.05) is 30.7 Å². The van der Waals surface area contributed by atoms with Crippen molar-refractivity contribution in [3.05, 3.63) is 52.3 Å². The molecule has 0 atom stereocenters. The Kier molecular flexibility index (Phi) is 7.69. The molecule has 6 heteroatoms. The van der Waals surface area contributed by atoms with Gasteiger partial charge in [-0.2, -0.15) is 5.10 Å². The summed E-state index contributed by atoms with van der Waals surface area (Å²) in [7, 11) is 1.99. The normalized spacial score (nSPS) is 15.5. The molecule has 2 N–H and O–H groups in total. The number of guanidine groups is 1. The van der Waals surface area contributed by atoms with Crippen molar-refractivity contribution in [2.45, 2.75) is 59.7 Å². The summed E-state index contributed by atoms with van der Waals surface area (Å²) in [6.07, 6.45) is 4.01. The van der Waals surface area contributed by atoms with Gasteiger partial charge in [0.15, 0.2) is 5.96 Å². The van der Waals surface area contributed by atoms with Crippen LogP contribution < -0.4 is 10.6 Å². The Balaban J connectivity index is 1.66. The monoisotopic (exact) mass is 396 g/mol. The molecule has 3 rings (SSSR count). The van der Waals surface area contributed by atoms with Gasteiger partial charge in [0.1, 0.15) is 0 Å². The molecular weight excluding hydrogens is 360 g/mol. The van der Waals surface area contributed by atoms with Crippen LogP contribution in [0.3, 0.4) is 0 Å². The Labute approximate surface area is 175 Å². The fraction of sp³-hybridized carbons (Fsp3) is 0.565. The molecule has 1 aliphatic rings. The van der Waals surface area contributed by atoms with E-state index in [4.69, 9.17) is 4.99 Å². The van der Waals surface area contributed by atoms with Crippen LogP contribution in [0.5, 0.6) is 0 Å². The van der Waals surface area contributed by atoms with Gasteiger partial charge in [0.25, 0.3) is 0 Å². The minimum atomic E-state index is 0.685. The molecule has 2 heterocycles. The summed E-state index contributed by atoms with van der Waals surface area (Å²) in [4.78, 5) is 7.44. The Morgan fingerprint density at radius 2 is 1.79 bits per heavy atom. The number of piperidine rings is 1. The summed E-state index contributed by atoms with van der Waals surface area (Å²) < 4.78 is 1.94. The maximum absolute atomic E-state index is 4.87. The Morgan fingerprint density at radius 3 is 2.45 bits per heavy atom. The van der Waals surface area contributed by atoms with Crippen molar-refractivity contribution in [1.82, 2.24) is 25.3 Å². The van der Waals surface area contributed by atoms with Crippen molar-refractivity contribution in [3.63, 3.8) is 0 Å². The van der Waals surface area contributed by atoms with Gasteiger partial charge in [0.2, 0.25) is 0 Å². The van der Waals surface area contributed by atoms with E-state index in [1.807, 2.05) is 11.7 Å². The summed E-state index contributed by atoms with van der Waals surface area (Å²) in [5.74, 6) is 0.850.